The fourth-order valence-corrected chi connectivity index (χ4v) is 7.97. The number of ether oxygens (including phenoxy) is 2. The monoisotopic (exact) mass is 847 g/mol. The maximum Gasteiger partial charge on any atom is 0.472 e. The molecule has 0 spiro atoms. The van der Waals surface area contributed by atoms with E-state index in [0.29, 0.717) is 6.61 Å². The zero-order chi connectivity index (χ0) is 42.5. The Bertz CT molecular complexity index is 918. The first-order valence-corrected chi connectivity index (χ1v) is 26.2. The number of esters is 1. The van der Waals surface area contributed by atoms with E-state index in [1.54, 1.807) is 0 Å². The molecule has 0 saturated carbocycles. The molecule has 10 heteroatoms. The van der Waals surface area contributed by atoms with E-state index in [2.05, 4.69) is 26.0 Å². The van der Waals surface area contributed by atoms with Crippen LogP contribution in [0.2, 0.25) is 0 Å². The van der Waals surface area contributed by atoms with E-state index < -0.39 is 33.2 Å². The summed E-state index contributed by atoms with van der Waals surface area (Å²) in [5, 5.41) is 18.4. The molecule has 0 amide bonds. The van der Waals surface area contributed by atoms with Crippen LogP contribution in [0.3, 0.4) is 0 Å². The highest BCUT2D eigenvalue weighted by Gasteiger charge is 2.26. The second kappa shape index (κ2) is 45.7. The topological polar surface area (TPSA) is 132 Å². The predicted octanol–water partition coefficient (Wildman–Crippen LogP) is 14.0. The molecule has 0 aromatic carbocycles. The number of phosphoric ester groups is 1. The van der Waals surface area contributed by atoms with Crippen LogP contribution in [0.5, 0.6) is 0 Å². The molecule has 3 unspecified atom stereocenters. The van der Waals surface area contributed by atoms with Gasteiger partial charge in [-0.15, -0.1) is 0 Å². The number of carbonyl (C=O) groups excluding carboxylic acids is 1. The van der Waals surface area contributed by atoms with E-state index in [4.69, 9.17) is 23.6 Å². The predicted molar refractivity (Wildman–Crippen MR) is 242 cm³/mol. The van der Waals surface area contributed by atoms with Gasteiger partial charge in [-0.3, -0.25) is 13.8 Å². The number of allylic oxidation sites excluding steroid dienone is 2. The minimum Gasteiger partial charge on any atom is -0.457 e. The number of phosphoric acid groups is 1. The average Bonchev–Trinajstić information content (AvgIpc) is 3.21. The Balaban J connectivity index is 4.03. The van der Waals surface area contributed by atoms with Gasteiger partial charge in [-0.05, 0) is 38.5 Å². The number of aliphatic hydroxyl groups is 2. The summed E-state index contributed by atoms with van der Waals surface area (Å²) >= 11 is 0. The Labute approximate surface area is 358 Å². The summed E-state index contributed by atoms with van der Waals surface area (Å²) in [6, 6.07) is 0. The molecule has 0 rings (SSSR count). The molecule has 0 bridgehead atoms. The Hall–Kier alpha value is -0.800. The summed E-state index contributed by atoms with van der Waals surface area (Å²) in [4.78, 5) is 22.7. The van der Waals surface area contributed by atoms with E-state index in [1.165, 1.54) is 180 Å². The lowest BCUT2D eigenvalue weighted by Crippen LogP contribution is -2.29. The number of hydrogen-bond donors (Lipinski definition) is 3. The number of hydrogen-bond acceptors (Lipinski definition) is 8. The molecular formula is C48H95O9P. The van der Waals surface area contributed by atoms with Crippen LogP contribution in [0.4, 0.5) is 0 Å². The first-order valence-electron chi connectivity index (χ1n) is 24.7. The molecule has 346 valence electrons. The Morgan fingerprint density at radius 3 is 1.29 bits per heavy atom. The summed E-state index contributed by atoms with van der Waals surface area (Å²) < 4.78 is 33.5. The molecule has 0 aromatic rings. The van der Waals surface area contributed by atoms with Crippen molar-refractivity contribution in [2.75, 3.05) is 33.0 Å². The normalized spacial score (nSPS) is 13.9. The SMILES string of the molecule is CCCCCCC/C=C\CCCCCCCCOCC(COP(=O)(O)OCC(O)CO)OC(=O)CCCCCCCCCCCCCCCCCCCCCCCC. The number of aliphatic hydroxyl groups excluding tert-OH is 2. The number of unbranched alkanes of at least 4 members (excludes halogenated alkanes) is 32. The Morgan fingerprint density at radius 2 is 0.879 bits per heavy atom. The van der Waals surface area contributed by atoms with E-state index in [0.717, 1.165) is 44.9 Å². The van der Waals surface area contributed by atoms with Crippen molar-refractivity contribution < 1.29 is 43.0 Å². The fourth-order valence-electron chi connectivity index (χ4n) is 7.18. The van der Waals surface area contributed by atoms with Crippen molar-refractivity contribution in [2.24, 2.45) is 0 Å². The lowest BCUT2D eigenvalue weighted by molar-refractivity contribution is -0.154. The maximum absolute atomic E-state index is 12.7. The van der Waals surface area contributed by atoms with Gasteiger partial charge in [0.05, 0.1) is 26.4 Å². The lowest BCUT2D eigenvalue weighted by atomic mass is 10.0. The van der Waals surface area contributed by atoms with Gasteiger partial charge in [0.25, 0.3) is 0 Å². The van der Waals surface area contributed by atoms with Crippen LogP contribution in [-0.4, -0.2) is 66.3 Å². The van der Waals surface area contributed by atoms with Gasteiger partial charge in [-0.2, -0.15) is 0 Å². The van der Waals surface area contributed by atoms with Crippen molar-refractivity contribution >= 4 is 13.8 Å². The van der Waals surface area contributed by atoms with Crippen molar-refractivity contribution in [2.45, 2.75) is 257 Å². The molecule has 0 aromatic heterocycles. The quantitative estimate of drug-likeness (QED) is 0.0237. The van der Waals surface area contributed by atoms with Crippen LogP contribution in [0.25, 0.3) is 0 Å². The second-order valence-electron chi connectivity index (χ2n) is 16.8. The highest BCUT2D eigenvalue weighted by Crippen LogP contribution is 2.43. The minimum absolute atomic E-state index is 0.0509. The van der Waals surface area contributed by atoms with E-state index >= 15 is 0 Å². The van der Waals surface area contributed by atoms with Gasteiger partial charge < -0.3 is 24.6 Å². The number of carbonyl (C=O) groups is 1. The van der Waals surface area contributed by atoms with Gasteiger partial charge in [0.1, 0.15) is 12.2 Å². The average molecular weight is 847 g/mol. The highest BCUT2D eigenvalue weighted by molar-refractivity contribution is 7.47. The largest absolute Gasteiger partial charge is 0.472 e. The van der Waals surface area contributed by atoms with Gasteiger partial charge in [-0.25, -0.2) is 4.57 Å². The van der Waals surface area contributed by atoms with Gasteiger partial charge in [0.2, 0.25) is 0 Å². The molecule has 0 heterocycles. The molecule has 3 atom stereocenters. The summed E-state index contributed by atoms with van der Waals surface area (Å²) in [6.07, 6.45) is 47.5. The van der Waals surface area contributed by atoms with Gasteiger partial charge in [0.15, 0.2) is 0 Å². The van der Waals surface area contributed by atoms with E-state index in [9.17, 15) is 19.4 Å². The van der Waals surface area contributed by atoms with E-state index in [-0.39, 0.29) is 25.6 Å². The molecule has 3 N–H and O–H groups in total. The second-order valence-corrected chi connectivity index (χ2v) is 18.3. The van der Waals surface area contributed by atoms with Gasteiger partial charge in [-0.1, -0.05) is 212 Å². The molecule has 9 nitrogen and oxygen atoms in total. The van der Waals surface area contributed by atoms with Crippen molar-refractivity contribution in [3.05, 3.63) is 12.2 Å². The van der Waals surface area contributed by atoms with E-state index in [1.807, 2.05) is 0 Å². The number of rotatable bonds is 48. The first kappa shape index (κ1) is 57.2. The standard InChI is InChI=1S/C48H95O9P/c1-3-5-7-9-11-13-15-17-19-20-21-22-23-24-25-26-28-30-32-34-36-38-40-48(51)57-47(45-56-58(52,53)55-43-46(50)42-49)44-54-41-39-37-35-33-31-29-27-18-16-14-12-10-8-6-4-2/h16,18,46-47,49-50H,3-15,17,19-45H2,1-2H3,(H,52,53)/b18-16-. The molecule has 0 aliphatic heterocycles. The molecule has 58 heavy (non-hydrogen) atoms. The summed E-state index contributed by atoms with van der Waals surface area (Å²) in [5.74, 6) is -0.378. The van der Waals surface area contributed by atoms with Crippen LogP contribution >= 0.6 is 7.82 Å². The molecule has 0 saturated heterocycles. The third-order valence-corrected chi connectivity index (χ3v) is 11.9. The van der Waals surface area contributed by atoms with Gasteiger partial charge >= 0.3 is 13.8 Å². The summed E-state index contributed by atoms with van der Waals surface area (Å²) in [6.45, 7) is 3.55. The molecule has 0 fully saturated rings. The minimum atomic E-state index is -4.52. The molecular weight excluding hydrogens is 751 g/mol. The third-order valence-electron chi connectivity index (χ3n) is 11.0. The summed E-state index contributed by atoms with van der Waals surface area (Å²) in [5.41, 5.74) is 0. The summed E-state index contributed by atoms with van der Waals surface area (Å²) in [7, 11) is -4.52. The lowest BCUT2D eigenvalue weighted by Gasteiger charge is -2.20. The zero-order valence-electron chi connectivity index (χ0n) is 38.0. The third kappa shape index (κ3) is 44.7. The first-order chi connectivity index (χ1) is 28.3. The maximum atomic E-state index is 12.7. The van der Waals surface area contributed by atoms with Crippen molar-refractivity contribution in [1.29, 1.82) is 0 Å². The highest BCUT2D eigenvalue weighted by atomic mass is 31.2. The van der Waals surface area contributed by atoms with Crippen LogP contribution in [0.1, 0.15) is 245 Å². The molecule has 0 aliphatic carbocycles. The molecule has 0 aliphatic rings. The van der Waals surface area contributed by atoms with Crippen molar-refractivity contribution in [3.8, 4) is 0 Å². The molecule has 0 radical (unpaired) electrons. The van der Waals surface area contributed by atoms with Crippen LogP contribution in [-0.2, 0) is 27.9 Å². The smallest absolute Gasteiger partial charge is 0.457 e. The van der Waals surface area contributed by atoms with Crippen molar-refractivity contribution in [1.82, 2.24) is 0 Å². The van der Waals surface area contributed by atoms with Gasteiger partial charge in [0, 0.05) is 13.0 Å². The van der Waals surface area contributed by atoms with Crippen LogP contribution < -0.4 is 0 Å². The van der Waals surface area contributed by atoms with Crippen molar-refractivity contribution in [3.63, 3.8) is 0 Å². The van der Waals surface area contributed by atoms with Crippen LogP contribution in [0, 0.1) is 0 Å². The van der Waals surface area contributed by atoms with Crippen LogP contribution in [0.15, 0.2) is 12.2 Å². The Morgan fingerprint density at radius 1 is 0.517 bits per heavy atom. The fraction of sp³-hybridized carbons (Fsp3) is 0.938. The Kier molecular flexibility index (Phi) is 45.1. The zero-order valence-corrected chi connectivity index (χ0v) is 38.9.